The summed E-state index contributed by atoms with van der Waals surface area (Å²) in [4.78, 5) is 24.8. The van der Waals surface area contributed by atoms with Crippen molar-refractivity contribution in [2.45, 2.75) is 116 Å². The van der Waals surface area contributed by atoms with Gasteiger partial charge in [0.2, 0.25) is 0 Å². The van der Waals surface area contributed by atoms with Crippen LogP contribution in [0, 0.1) is 0 Å². The highest BCUT2D eigenvalue weighted by atomic mass is 79.9. The topological polar surface area (TPSA) is 77.1 Å². The fourth-order valence-corrected chi connectivity index (χ4v) is 3.90. The summed E-state index contributed by atoms with van der Waals surface area (Å²) in [6, 6.07) is 0. The SMILES string of the molecule is CCCCCCCCCCCCCCCCCCOCC(COC(=O)NCCBr)OC(=O)N(C)C. The van der Waals surface area contributed by atoms with E-state index in [0.29, 0.717) is 18.5 Å². The molecule has 0 aliphatic rings. The molecule has 0 aromatic rings. The van der Waals surface area contributed by atoms with Crippen molar-refractivity contribution >= 4 is 28.1 Å². The number of alkyl carbamates (subject to hydrolysis) is 1. The van der Waals surface area contributed by atoms with Crippen LogP contribution in [0.2, 0.25) is 0 Å². The Morgan fingerprint density at radius 3 is 1.71 bits per heavy atom. The molecule has 0 spiro atoms. The number of carbonyl (C=O) groups excluding carboxylic acids is 2. The lowest BCUT2D eigenvalue weighted by atomic mass is 10.0. The molecule has 0 saturated carbocycles. The predicted molar refractivity (Wildman–Crippen MR) is 147 cm³/mol. The summed E-state index contributed by atoms with van der Waals surface area (Å²) in [5.41, 5.74) is 0. The van der Waals surface area contributed by atoms with Gasteiger partial charge in [-0.25, -0.2) is 9.59 Å². The summed E-state index contributed by atoms with van der Waals surface area (Å²) in [7, 11) is 3.22. The molecule has 0 aromatic carbocycles. The number of rotatable bonds is 24. The van der Waals surface area contributed by atoms with Crippen LogP contribution in [-0.4, -0.2) is 69.0 Å². The van der Waals surface area contributed by atoms with E-state index in [4.69, 9.17) is 14.2 Å². The minimum Gasteiger partial charge on any atom is -0.446 e. The van der Waals surface area contributed by atoms with Crippen LogP contribution in [0.1, 0.15) is 110 Å². The first-order valence-electron chi connectivity index (χ1n) is 13.9. The van der Waals surface area contributed by atoms with Crippen LogP contribution in [0.25, 0.3) is 0 Å². The van der Waals surface area contributed by atoms with Crippen molar-refractivity contribution in [3.8, 4) is 0 Å². The standard InChI is InChI=1S/C27H53BrN2O5/c1-4-5-6-7-8-9-10-11-12-13-14-15-16-17-18-19-22-33-23-25(35-27(32)30(2)3)24-34-26(31)29-21-20-28/h25H,4-24H2,1-3H3,(H,29,31). The molecular weight excluding hydrogens is 512 g/mol. The molecule has 0 fully saturated rings. The number of amides is 2. The second-order valence-corrected chi connectivity index (χ2v) is 10.3. The number of hydrogen-bond donors (Lipinski definition) is 1. The van der Waals surface area contributed by atoms with E-state index >= 15 is 0 Å². The van der Waals surface area contributed by atoms with Gasteiger partial charge in [0.25, 0.3) is 0 Å². The lowest BCUT2D eigenvalue weighted by Crippen LogP contribution is -2.36. The number of hydrogen-bond acceptors (Lipinski definition) is 5. The van der Waals surface area contributed by atoms with E-state index in [1.807, 2.05) is 0 Å². The minimum atomic E-state index is -0.624. The molecule has 7 nitrogen and oxygen atoms in total. The van der Waals surface area contributed by atoms with Crippen LogP contribution >= 0.6 is 15.9 Å². The van der Waals surface area contributed by atoms with Crippen molar-refractivity contribution in [3.63, 3.8) is 0 Å². The number of alkyl halides is 1. The molecule has 0 aliphatic carbocycles. The zero-order valence-electron chi connectivity index (χ0n) is 22.8. The Bertz CT molecular complexity index is 494. The Kier molecular flexibility index (Phi) is 25.3. The monoisotopic (exact) mass is 564 g/mol. The van der Waals surface area contributed by atoms with Gasteiger partial charge in [0.05, 0.1) is 6.61 Å². The number of carbonyl (C=O) groups is 2. The molecule has 0 heterocycles. The first-order chi connectivity index (χ1) is 17.0. The first kappa shape index (κ1) is 34.0. The smallest absolute Gasteiger partial charge is 0.409 e. The summed E-state index contributed by atoms with van der Waals surface area (Å²) >= 11 is 3.23. The number of nitrogens with one attached hydrogen (secondary N) is 1. The van der Waals surface area contributed by atoms with E-state index in [-0.39, 0.29) is 13.2 Å². The van der Waals surface area contributed by atoms with Crippen molar-refractivity contribution in [2.24, 2.45) is 0 Å². The summed E-state index contributed by atoms with van der Waals surface area (Å²) in [6.07, 6.45) is 19.7. The molecule has 1 unspecified atom stereocenters. The van der Waals surface area contributed by atoms with Gasteiger partial charge in [-0.1, -0.05) is 119 Å². The molecule has 0 radical (unpaired) electrons. The van der Waals surface area contributed by atoms with Gasteiger partial charge < -0.3 is 24.4 Å². The van der Waals surface area contributed by atoms with Crippen LogP contribution in [0.3, 0.4) is 0 Å². The van der Waals surface area contributed by atoms with Gasteiger partial charge >= 0.3 is 12.2 Å². The molecule has 208 valence electrons. The lowest BCUT2D eigenvalue weighted by molar-refractivity contribution is -0.0198. The van der Waals surface area contributed by atoms with Crippen molar-refractivity contribution in [3.05, 3.63) is 0 Å². The van der Waals surface area contributed by atoms with Gasteiger partial charge in [0, 0.05) is 32.6 Å². The van der Waals surface area contributed by atoms with E-state index in [2.05, 4.69) is 28.2 Å². The Labute approximate surface area is 223 Å². The van der Waals surface area contributed by atoms with Crippen molar-refractivity contribution in [1.29, 1.82) is 0 Å². The van der Waals surface area contributed by atoms with Crippen LogP contribution < -0.4 is 5.32 Å². The highest BCUT2D eigenvalue weighted by molar-refractivity contribution is 9.09. The maximum atomic E-state index is 11.8. The van der Waals surface area contributed by atoms with Crippen molar-refractivity contribution < 1.29 is 23.8 Å². The summed E-state index contributed by atoms with van der Waals surface area (Å²) < 4.78 is 16.2. The fraction of sp³-hybridized carbons (Fsp3) is 0.926. The maximum absolute atomic E-state index is 11.8. The van der Waals surface area contributed by atoms with Gasteiger partial charge in [-0.3, -0.25) is 0 Å². The van der Waals surface area contributed by atoms with Gasteiger partial charge in [-0.15, -0.1) is 0 Å². The molecule has 0 bridgehead atoms. The van der Waals surface area contributed by atoms with E-state index in [0.717, 1.165) is 12.8 Å². The average molecular weight is 566 g/mol. The quantitative estimate of drug-likeness (QED) is 0.0972. The third kappa shape index (κ3) is 24.5. The van der Waals surface area contributed by atoms with E-state index < -0.39 is 18.3 Å². The molecule has 0 aliphatic heterocycles. The molecule has 2 amide bonds. The van der Waals surface area contributed by atoms with Gasteiger partial charge in [-0.05, 0) is 6.42 Å². The third-order valence-electron chi connectivity index (χ3n) is 5.84. The highest BCUT2D eigenvalue weighted by Gasteiger charge is 2.18. The predicted octanol–water partition coefficient (Wildman–Crippen LogP) is 7.45. The average Bonchev–Trinajstić information content (AvgIpc) is 2.84. The maximum Gasteiger partial charge on any atom is 0.409 e. The Hall–Kier alpha value is -1.02. The van der Waals surface area contributed by atoms with Gasteiger partial charge in [-0.2, -0.15) is 0 Å². The molecule has 1 atom stereocenters. The number of unbranched alkanes of at least 4 members (excludes halogenated alkanes) is 15. The number of nitrogens with zero attached hydrogens (tertiary/aromatic N) is 1. The molecule has 0 saturated heterocycles. The number of halogens is 1. The summed E-state index contributed by atoms with van der Waals surface area (Å²) in [5.74, 6) is 0. The molecule has 0 aromatic heterocycles. The van der Waals surface area contributed by atoms with Crippen LogP contribution in [-0.2, 0) is 14.2 Å². The van der Waals surface area contributed by atoms with E-state index in [1.54, 1.807) is 14.1 Å². The van der Waals surface area contributed by atoms with Gasteiger partial charge in [0.15, 0.2) is 6.10 Å². The molecular formula is C27H53BrN2O5. The minimum absolute atomic E-state index is 0.0351. The molecule has 0 rings (SSSR count). The fourth-order valence-electron chi connectivity index (χ4n) is 3.70. The second kappa shape index (κ2) is 26.1. The Morgan fingerprint density at radius 1 is 0.771 bits per heavy atom. The largest absolute Gasteiger partial charge is 0.446 e. The van der Waals surface area contributed by atoms with Crippen LogP contribution in [0.5, 0.6) is 0 Å². The second-order valence-electron chi connectivity index (χ2n) is 9.49. The zero-order valence-corrected chi connectivity index (χ0v) is 24.4. The third-order valence-corrected chi connectivity index (χ3v) is 6.24. The first-order valence-corrected chi connectivity index (χ1v) is 15.1. The normalized spacial score (nSPS) is 11.8. The Balaban J connectivity index is 3.65. The molecule has 35 heavy (non-hydrogen) atoms. The van der Waals surface area contributed by atoms with Gasteiger partial charge in [0.1, 0.15) is 6.61 Å². The lowest BCUT2D eigenvalue weighted by Gasteiger charge is -2.20. The molecule has 1 N–H and O–H groups in total. The summed E-state index contributed by atoms with van der Waals surface area (Å²) in [5, 5.41) is 3.23. The molecule has 8 heteroatoms. The van der Waals surface area contributed by atoms with E-state index in [9.17, 15) is 9.59 Å². The van der Waals surface area contributed by atoms with Crippen molar-refractivity contribution in [1.82, 2.24) is 10.2 Å². The zero-order chi connectivity index (χ0) is 26.0. The number of ether oxygens (including phenoxy) is 3. The van der Waals surface area contributed by atoms with Crippen LogP contribution in [0.4, 0.5) is 9.59 Å². The summed E-state index contributed by atoms with van der Waals surface area (Å²) in [6.45, 7) is 3.53. The van der Waals surface area contributed by atoms with Crippen LogP contribution in [0.15, 0.2) is 0 Å². The highest BCUT2D eigenvalue weighted by Crippen LogP contribution is 2.13. The Morgan fingerprint density at radius 2 is 1.26 bits per heavy atom. The van der Waals surface area contributed by atoms with Crippen molar-refractivity contribution in [2.75, 3.05) is 45.8 Å². The van der Waals surface area contributed by atoms with E-state index in [1.165, 1.54) is 94.8 Å².